The predicted molar refractivity (Wildman–Crippen MR) is 136 cm³/mol. The van der Waals surface area contributed by atoms with Crippen molar-refractivity contribution in [2.24, 2.45) is 23.7 Å². The molecule has 2 aliphatic carbocycles. The van der Waals surface area contributed by atoms with E-state index in [9.17, 15) is 9.90 Å². The van der Waals surface area contributed by atoms with Gasteiger partial charge in [-0.1, -0.05) is 50.3 Å². The van der Waals surface area contributed by atoms with E-state index in [1.54, 1.807) is 0 Å². The Bertz CT molecular complexity index is 856. The summed E-state index contributed by atoms with van der Waals surface area (Å²) in [5.41, 5.74) is 1.70. The highest BCUT2D eigenvalue weighted by atomic mass is 16.5. The van der Waals surface area contributed by atoms with Crippen molar-refractivity contribution in [3.63, 3.8) is 0 Å². The summed E-state index contributed by atoms with van der Waals surface area (Å²) in [5.74, 6) is 1.06. The fourth-order valence-corrected chi connectivity index (χ4v) is 6.75. The van der Waals surface area contributed by atoms with Crippen LogP contribution in [-0.4, -0.2) is 65.3 Å². The van der Waals surface area contributed by atoms with Crippen LogP contribution >= 0.6 is 0 Å². The molecule has 188 valence electrons. The molecule has 34 heavy (non-hydrogen) atoms. The molecule has 6 atom stereocenters. The lowest BCUT2D eigenvalue weighted by molar-refractivity contribution is -0.159. The van der Waals surface area contributed by atoms with Gasteiger partial charge in [-0.25, -0.2) is 0 Å². The van der Waals surface area contributed by atoms with Crippen molar-refractivity contribution >= 4 is 5.97 Å². The Hall–Kier alpha value is -1.69. The summed E-state index contributed by atoms with van der Waals surface area (Å²) in [4.78, 5) is 16.8. The Balaban J connectivity index is 1.39. The number of carbonyl (C=O) groups is 1. The number of aliphatic hydroxyl groups is 1. The smallest absolute Gasteiger partial charge is 0.303 e. The molecular weight excluding hydrogens is 424 g/mol. The highest BCUT2D eigenvalue weighted by molar-refractivity contribution is 5.66. The van der Waals surface area contributed by atoms with Crippen LogP contribution in [-0.2, 0) is 16.1 Å². The molecule has 5 heteroatoms. The lowest BCUT2D eigenvalue weighted by Gasteiger charge is -2.53. The quantitative estimate of drug-likeness (QED) is 0.492. The van der Waals surface area contributed by atoms with Crippen LogP contribution in [0.5, 0.6) is 0 Å². The maximum Gasteiger partial charge on any atom is 0.303 e. The highest BCUT2D eigenvalue weighted by Gasteiger charge is 2.52. The van der Waals surface area contributed by atoms with Gasteiger partial charge in [0, 0.05) is 45.4 Å². The third-order valence-electron chi connectivity index (χ3n) is 8.80. The molecule has 3 aliphatic rings. The Morgan fingerprint density at radius 2 is 1.85 bits per heavy atom. The van der Waals surface area contributed by atoms with E-state index < -0.39 is 5.60 Å². The molecule has 0 aromatic heterocycles. The number of ether oxygens (including phenoxy) is 1. The van der Waals surface area contributed by atoms with Gasteiger partial charge in [-0.05, 0) is 68.2 Å². The Labute approximate surface area is 206 Å². The first kappa shape index (κ1) is 25.4. The van der Waals surface area contributed by atoms with Gasteiger partial charge in [-0.15, -0.1) is 0 Å². The predicted octanol–water partition coefficient (Wildman–Crippen LogP) is 4.51. The summed E-state index contributed by atoms with van der Waals surface area (Å²) in [5, 5.41) is 11.8. The standard InChI is InChI=1S/C29H44N2O3/c1-21-17-27-26(12-11-23(3)29(27,33)18-28(21)34-24(4)32)22(2)19-30-13-8-14-31(16-15-30)20-25-9-6-5-7-10-25/h5-7,9-10,17,22-23,26-28,33H,8,11-16,18-20H2,1-4H3/t22-,23-,26+,27-,28-,29-/m1/s1. The van der Waals surface area contributed by atoms with Crippen LogP contribution in [0.2, 0.25) is 0 Å². The van der Waals surface area contributed by atoms with E-state index in [0.29, 0.717) is 18.3 Å². The molecular formula is C29H44N2O3. The maximum absolute atomic E-state index is 11.8. The normalized spacial score (nSPS) is 34.0. The minimum Gasteiger partial charge on any atom is -0.458 e. The lowest BCUT2D eigenvalue weighted by Crippen LogP contribution is -2.56. The second kappa shape index (κ2) is 10.9. The first-order valence-electron chi connectivity index (χ1n) is 13.3. The fraction of sp³-hybridized carbons (Fsp3) is 0.690. The van der Waals surface area contributed by atoms with Crippen molar-refractivity contribution in [1.29, 1.82) is 0 Å². The molecule has 4 rings (SSSR count). The summed E-state index contributed by atoms with van der Waals surface area (Å²) in [7, 11) is 0. The second-order valence-corrected chi connectivity index (χ2v) is 11.3. The number of hydrogen-bond donors (Lipinski definition) is 1. The van der Waals surface area contributed by atoms with Crippen LogP contribution in [0.4, 0.5) is 0 Å². The summed E-state index contributed by atoms with van der Waals surface area (Å²) < 4.78 is 5.57. The zero-order chi connectivity index (χ0) is 24.3. The Morgan fingerprint density at radius 1 is 1.15 bits per heavy atom. The van der Waals surface area contributed by atoms with Crippen LogP contribution in [0.15, 0.2) is 42.0 Å². The fourth-order valence-electron chi connectivity index (χ4n) is 6.75. The molecule has 1 saturated carbocycles. The molecule has 0 amide bonds. The number of esters is 1. The summed E-state index contributed by atoms with van der Waals surface area (Å²) in [6, 6.07) is 10.8. The number of nitrogens with zero attached hydrogens (tertiary/aromatic N) is 2. The third-order valence-corrected chi connectivity index (χ3v) is 8.80. The van der Waals surface area contributed by atoms with E-state index in [-0.39, 0.29) is 23.9 Å². The first-order chi connectivity index (χ1) is 16.3. The van der Waals surface area contributed by atoms with Crippen molar-refractivity contribution in [3.05, 3.63) is 47.5 Å². The minimum absolute atomic E-state index is 0.139. The van der Waals surface area contributed by atoms with Gasteiger partial charge in [0.15, 0.2) is 0 Å². The molecule has 0 spiro atoms. The topological polar surface area (TPSA) is 53.0 Å². The van der Waals surface area contributed by atoms with Gasteiger partial charge in [0.1, 0.15) is 6.10 Å². The first-order valence-corrected chi connectivity index (χ1v) is 13.3. The van der Waals surface area contributed by atoms with Crippen molar-refractivity contribution in [2.75, 3.05) is 32.7 Å². The average molecular weight is 469 g/mol. The van der Waals surface area contributed by atoms with Gasteiger partial charge >= 0.3 is 5.97 Å². The van der Waals surface area contributed by atoms with Gasteiger partial charge in [0.25, 0.3) is 0 Å². The van der Waals surface area contributed by atoms with Gasteiger partial charge < -0.3 is 14.7 Å². The molecule has 1 heterocycles. The molecule has 0 radical (unpaired) electrons. The van der Waals surface area contributed by atoms with Crippen LogP contribution in [0, 0.1) is 23.7 Å². The Kier molecular flexibility index (Phi) is 8.16. The highest BCUT2D eigenvalue weighted by Crippen LogP contribution is 2.51. The van der Waals surface area contributed by atoms with Crippen molar-refractivity contribution in [1.82, 2.24) is 9.80 Å². The summed E-state index contributed by atoms with van der Waals surface area (Å²) >= 11 is 0. The van der Waals surface area contributed by atoms with Crippen molar-refractivity contribution in [2.45, 2.75) is 71.6 Å². The zero-order valence-corrected chi connectivity index (χ0v) is 21.6. The maximum atomic E-state index is 11.8. The molecule has 1 saturated heterocycles. The molecule has 2 fully saturated rings. The number of carbonyl (C=O) groups excluding carboxylic acids is 1. The largest absolute Gasteiger partial charge is 0.458 e. The van der Waals surface area contributed by atoms with Crippen LogP contribution in [0.1, 0.15) is 58.9 Å². The van der Waals surface area contributed by atoms with E-state index in [1.165, 1.54) is 18.9 Å². The van der Waals surface area contributed by atoms with E-state index in [0.717, 1.165) is 57.7 Å². The number of fused-ring (bicyclic) bond motifs is 1. The summed E-state index contributed by atoms with van der Waals surface area (Å²) in [6.07, 6.45) is 5.88. The van der Waals surface area contributed by atoms with Crippen LogP contribution in [0.3, 0.4) is 0 Å². The van der Waals surface area contributed by atoms with Gasteiger partial charge in [0.2, 0.25) is 0 Å². The molecule has 0 bridgehead atoms. The van der Waals surface area contributed by atoms with Crippen molar-refractivity contribution in [3.8, 4) is 0 Å². The monoisotopic (exact) mass is 468 g/mol. The zero-order valence-electron chi connectivity index (χ0n) is 21.6. The molecule has 0 unspecified atom stereocenters. The van der Waals surface area contributed by atoms with Gasteiger partial charge in [0.05, 0.1) is 5.60 Å². The molecule has 1 aromatic rings. The van der Waals surface area contributed by atoms with E-state index >= 15 is 0 Å². The van der Waals surface area contributed by atoms with Crippen molar-refractivity contribution < 1.29 is 14.6 Å². The van der Waals surface area contributed by atoms with Gasteiger partial charge in [-0.2, -0.15) is 0 Å². The molecule has 1 aliphatic heterocycles. The van der Waals surface area contributed by atoms with E-state index in [4.69, 9.17) is 4.74 Å². The Morgan fingerprint density at radius 3 is 2.59 bits per heavy atom. The van der Waals surface area contributed by atoms with E-state index in [1.807, 2.05) is 0 Å². The molecule has 1 N–H and O–H groups in total. The minimum atomic E-state index is -0.790. The average Bonchev–Trinajstić information content (AvgIpc) is 3.01. The van der Waals surface area contributed by atoms with Gasteiger partial charge in [-0.3, -0.25) is 9.69 Å². The molecule has 5 nitrogen and oxygen atoms in total. The van der Waals surface area contributed by atoms with Crippen LogP contribution in [0.25, 0.3) is 0 Å². The third kappa shape index (κ3) is 5.75. The number of hydrogen-bond acceptors (Lipinski definition) is 5. The van der Waals surface area contributed by atoms with E-state index in [2.05, 4.69) is 67.0 Å². The SMILES string of the molecule is CC(=O)O[C@@H]1C[C@@]2(O)[C@H](C)CC[C@@H]([C@H](C)CN3CCCN(Cc4ccccc4)CC3)[C@H]2C=C1C. The van der Waals surface area contributed by atoms with Crippen LogP contribution < -0.4 is 0 Å². The lowest BCUT2D eigenvalue weighted by atomic mass is 9.57. The number of benzene rings is 1. The molecule has 1 aromatic carbocycles. The summed E-state index contributed by atoms with van der Waals surface area (Å²) in [6.45, 7) is 14.7. The second-order valence-electron chi connectivity index (χ2n) is 11.3. The number of rotatable bonds is 6.